The number of piperidine rings is 1. The van der Waals surface area contributed by atoms with Gasteiger partial charge < -0.3 is 10.6 Å². The second kappa shape index (κ2) is 7.15. The molecule has 1 aliphatic carbocycles. The summed E-state index contributed by atoms with van der Waals surface area (Å²) in [6.45, 7) is 2.22. The van der Waals surface area contributed by atoms with Gasteiger partial charge in [-0.15, -0.1) is 0 Å². The molecule has 2 aliphatic rings. The molecule has 4 aromatic heterocycles. The van der Waals surface area contributed by atoms with E-state index in [-0.39, 0.29) is 11.0 Å². The Morgan fingerprint density at radius 1 is 1.12 bits per heavy atom. The number of nitrogens with two attached hydrogens (primary N) is 1. The number of aromatic nitrogens is 7. The van der Waals surface area contributed by atoms with Crippen LogP contribution < -0.4 is 5.73 Å². The molecule has 33 heavy (non-hydrogen) atoms. The van der Waals surface area contributed by atoms with Crippen molar-refractivity contribution < 1.29 is 0 Å². The van der Waals surface area contributed by atoms with Crippen molar-refractivity contribution in [1.29, 1.82) is 5.26 Å². The topological polar surface area (TPSA) is 119 Å². The molecule has 0 aromatic carbocycles. The van der Waals surface area contributed by atoms with Crippen LogP contribution >= 0.6 is 0 Å². The average Bonchev–Trinajstić information content (AvgIpc) is 3.57. The first kappa shape index (κ1) is 19.9. The van der Waals surface area contributed by atoms with Crippen molar-refractivity contribution >= 4 is 5.52 Å². The Balaban J connectivity index is 1.33. The zero-order valence-corrected chi connectivity index (χ0v) is 18.6. The summed E-state index contributed by atoms with van der Waals surface area (Å²) in [7, 11) is 1.89. The largest absolute Gasteiger partial charge is 0.328 e. The number of rotatable bonds is 4. The molecule has 10 heteroatoms. The summed E-state index contributed by atoms with van der Waals surface area (Å²) in [5.74, 6) is 0. The van der Waals surface area contributed by atoms with Gasteiger partial charge in [0.05, 0.1) is 35.3 Å². The molecule has 4 aromatic rings. The van der Waals surface area contributed by atoms with Crippen LogP contribution in [0.2, 0.25) is 0 Å². The van der Waals surface area contributed by atoms with Crippen molar-refractivity contribution in [3.8, 4) is 28.8 Å². The fourth-order valence-corrected chi connectivity index (χ4v) is 5.70. The van der Waals surface area contributed by atoms with Crippen LogP contribution in [0.25, 0.3) is 28.2 Å². The third-order valence-corrected chi connectivity index (χ3v) is 7.46. The summed E-state index contributed by atoms with van der Waals surface area (Å²) in [6, 6.07) is 3.90. The lowest BCUT2D eigenvalue weighted by Gasteiger charge is -2.58. The number of aryl methyl sites for hydroxylation is 1. The Morgan fingerprint density at radius 3 is 2.64 bits per heavy atom. The first-order chi connectivity index (χ1) is 16.0. The maximum absolute atomic E-state index is 9.17. The highest BCUT2D eigenvalue weighted by Crippen LogP contribution is 2.57. The number of fused-ring (bicyclic) bond motifs is 1. The minimum Gasteiger partial charge on any atom is -0.328 e. The number of likely N-dealkylation sites (tertiary alicyclic amines) is 1. The molecule has 10 nitrogen and oxygen atoms in total. The van der Waals surface area contributed by atoms with Crippen LogP contribution in [0.5, 0.6) is 0 Å². The van der Waals surface area contributed by atoms with E-state index in [1.54, 1.807) is 10.9 Å². The standard InChI is InChI=1S/C23H26N10/c1-30-7-3-18(29-30)19-12-32-20(2-6-26-32)21(28-19)17-10-27-33(11-17)23(15-24)13-22(14-23)4-8-31(16-25)9-5-22/h2-3,6-7,10-12H,4-5,8-9,13-15,24H2,1H3. The van der Waals surface area contributed by atoms with E-state index in [1.165, 1.54) is 0 Å². The van der Waals surface area contributed by atoms with E-state index >= 15 is 0 Å². The molecule has 1 aliphatic heterocycles. The highest BCUT2D eigenvalue weighted by molar-refractivity contribution is 5.77. The van der Waals surface area contributed by atoms with E-state index in [1.807, 2.05) is 51.9 Å². The predicted octanol–water partition coefficient (Wildman–Crippen LogP) is 2.00. The van der Waals surface area contributed by atoms with Crippen molar-refractivity contribution in [2.75, 3.05) is 19.6 Å². The normalized spacial score (nSPS) is 19.0. The van der Waals surface area contributed by atoms with Gasteiger partial charge in [0.15, 0.2) is 6.19 Å². The highest BCUT2D eigenvalue weighted by Gasteiger charge is 2.56. The third kappa shape index (κ3) is 3.11. The van der Waals surface area contributed by atoms with Gasteiger partial charge in [-0.3, -0.25) is 9.36 Å². The molecule has 1 saturated carbocycles. The first-order valence-electron chi connectivity index (χ1n) is 11.3. The molecule has 6 rings (SSSR count). The van der Waals surface area contributed by atoms with Crippen LogP contribution in [-0.2, 0) is 12.6 Å². The van der Waals surface area contributed by atoms with Gasteiger partial charge in [0.2, 0.25) is 0 Å². The number of nitriles is 1. The molecular weight excluding hydrogens is 416 g/mol. The fourth-order valence-electron chi connectivity index (χ4n) is 5.70. The molecule has 5 heterocycles. The van der Waals surface area contributed by atoms with Gasteiger partial charge >= 0.3 is 0 Å². The lowest BCUT2D eigenvalue weighted by Crippen LogP contribution is -2.60. The predicted molar refractivity (Wildman–Crippen MR) is 122 cm³/mol. The van der Waals surface area contributed by atoms with E-state index in [4.69, 9.17) is 21.1 Å². The molecule has 0 atom stereocenters. The maximum Gasteiger partial charge on any atom is 0.179 e. The molecule has 2 fully saturated rings. The Bertz CT molecular complexity index is 1350. The van der Waals surface area contributed by atoms with Crippen LogP contribution in [0, 0.1) is 16.9 Å². The van der Waals surface area contributed by atoms with Crippen LogP contribution in [0.3, 0.4) is 0 Å². The van der Waals surface area contributed by atoms with Gasteiger partial charge in [0.1, 0.15) is 11.4 Å². The Hall–Kier alpha value is -3.71. The van der Waals surface area contributed by atoms with Crippen molar-refractivity contribution in [3.05, 3.63) is 43.1 Å². The fraction of sp³-hybridized carbons (Fsp3) is 0.435. The molecule has 0 unspecified atom stereocenters. The summed E-state index contributed by atoms with van der Waals surface area (Å²) in [4.78, 5) is 6.79. The van der Waals surface area contributed by atoms with Gasteiger partial charge in [0, 0.05) is 44.6 Å². The van der Waals surface area contributed by atoms with Crippen LogP contribution in [0.1, 0.15) is 25.7 Å². The molecule has 2 N–H and O–H groups in total. The second-order valence-corrected chi connectivity index (χ2v) is 9.55. The van der Waals surface area contributed by atoms with E-state index in [0.29, 0.717) is 6.54 Å². The van der Waals surface area contributed by atoms with Gasteiger partial charge in [-0.2, -0.15) is 20.6 Å². The SMILES string of the molecule is Cn1ccc(-c2cn3nccc3c(-c3cnn(C4(CN)CC5(CCN(C#N)CC5)C4)c3)n2)n1. The Labute approximate surface area is 191 Å². The van der Waals surface area contributed by atoms with E-state index < -0.39 is 0 Å². The summed E-state index contributed by atoms with van der Waals surface area (Å²) in [6.07, 6.45) is 15.9. The monoisotopic (exact) mass is 442 g/mol. The molecule has 1 saturated heterocycles. The summed E-state index contributed by atoms with van der Waals surface area (Å²) >= 11 is 0. The summed E-state index contributed by atoms with van der Waals surface area (Å²) < 4.78 is 5.65. The smallest absolute Gasteiger partial charge is 0.179 e. The van der Waals surface area contributed by atoms with E-state index in [0.717, 1.165) is 66.9 Å². The van der Waals surface area contributed by atoms with Crippen molar-refractivity contribution in [2.45, 2.75) is 31.2 Å². The van der Waals surface area contributed by atoms with E-state index in [9.17, 15) is 0 Å². The van der Waals surface area contributed by atoms with Crippen LogP contribution in [0.4, 0.5) is 0 Å². The maximum atomic E-state index is 9.17. The summed E-state index contributed by atoms with van der Waals surface area (Å²) in [5, 5.41) is 22.9. The molecule has 168 valence electrons. The minimum absolute atomic E-state index is 0.178. The second-order valence-electron chi connectivity index (χ2n) is 9.55. The zero-order chi connectivity index (χ0) is 22.6. The van der Waals surface area contributed by atoms with Crippen molar-refractivity contribution in [2.24, 2.45) is 18.2 Å². The van der Waals surface area contributed by atoms with Crippen LogP contribution in [-0.4, -0.2) is 58.7 Å². The third-order valence-electron chi connectivity index (χ3n) is 7.46. The number of hydrogen-bond donors (Lipinski definition) is 1. The average molecular weight is 443 g/mol. The number of hydrogen-bond acceptors (Lipinski definition) is 7. The lowest BCUT2D eigenvalue weighted by molar-refractivity contribution is -0.0650. The molecule has 0 radical (unpaired) electrons. The van der Waals surface area contributed by atoms with Gasteiger partial charge in [-0.1, -0.05) is 0 Å². The van der Waals surface area contributed by atoms with Crippen LogP contribution in [0.15, 0.2) is 43.1 Å². The number of nitrogens with zero attached hydrogens (tertiary/aromatic N) is 9. The zero-order valence-electron chi connectivity index (χ0n) is 18.6. The Morgan fingerprint density at radius 2 is 1.94 bits per heavy atom. The quantitative estimate of drug-likeness (QED) is 0.480. The molecule has 0 amide bonds. The lowest BCUT2D eigenvalue weighted by atomic mass is 9.53. The first-order valence-corrected chi connectivity index (χ1v) is 11.3. The van der Waals surface area contributed by atoms with Gasteiger partial charge in [0.25, 0.3) is 0 Å². The molecule has 0 bridgehead atoms. The van der Waals surface area contributed by atoms with Gasteiger partial charge in [-0.25, -0.2) is 9.50 Å². The van der Waals surface area contributed by atoms with Crippen molar-refractivity contribution in [3.63, 3.8) is 0 Å². The van der Waals surface area contributed by atoms with E-state index in [2.05, 4.69) is 22.6 Å². The Kier molecular flexibility index (Phi) is 4.32. The van der Waals surface area contributed by atoms with Crippen molar-refractivity contribution in [1.82, 2.24) is 39.1 Å². The molecule has 1 spiro atoms. The molecular formula is C23H26N10. The minimum atomic E-state index is -0.178. The van der Waals surface area contributed by atoms with Gasteiger partial charge in [-0.05, 0) is 43.2 Å². The summed E-state index contributed by atoms with van der Waals surface area (Å²) in [5.41, 5.74) is 10.6. The highest BCUT2D eigenvalue weighted by atomic mass is 15.3.